The van der Waals surface area contributed by atoms with Gasteiger partial charge in [0.15, 0.2) is 0 Å². The second-order valence-electron chi connectivity index (χ2n) is 7.10. The number of nitrogens with zero attached hydrogens (tertiary/aromatic N) is 2. The van der Waals surface area contributed by atoms with E-state index in [-0.39, 0.29) is 55.8 Å². The average molecular weight is 410 g/mol. The highest BCUT2D eigenvalue weighted by Crippen LogP contribution is 2.48. The van der Waals surface area contributed by atoms with Crippen LogP contribution in [-0.4, -0.2) is 66.8 Å². The van der Waals surface area contributed by atoms with Gasteiger partial charge in [-0.3, -0.25) is 9.69 Å². The molecule has 0 spiro atoms. The highest BCUT2D eigenvalue weighted by atomic mass is 35.5. The van der Waals surface area contributed by atoms with Crippen LogP contribution in [0.2, 0.25) is 0 Å². The van der Waals surface area contributed by atoms with E-state index in [1.165, 1.54) is 4.90 Å². The number of hydrogen-bond acceptors (Lipinski definition) is 3. The number of nitrogens with two attached hydrogens (primary N) is 1. The smallest absolute Gasteiger partial charge is 0.319 e. The van der Waals surface area contributed by atoms with E-state index in [4.69, 9.17) is 5.73 Å². The van der Waals surface area contributed by atoms with Crippen molar-refractivity contribution < 1.29 is 22.4 Å². The molecule has 1 amide bonds. The molecule has 0 aromatic carbocycles. The summed E-state index contributed by atoms with van der Waals surface area (Å²) >= 11 is 0. The van der Waals surface area contributed by atoms with Crippen molar-refractivity contribution in [3.63, 3.8) is 0 Å². The quantitative estimate of drug-likeness (QED) is 0.724. The Balaban J connectivity index is 0.00000156. The van der Waals surface area contributed by atoms with E-state index in [2.05, 4.69) is 0 Å². The van der Waals surface area contributed by atoms with Crippen LogP contribution >= 0.6 is 24.8 Å². The lowest BCUT2D eigenvalue weighted by Crippen LogP contribution is -2.55. The first-order valence-corrected chi connectivity index (χ1v) is 8.22. The molecule has 2 aliphatic carbocycles. The number of amides is 1. The molecule has 0 aromatic heterocycles. The SMILES string of the molecule is Cl.Cl.NC1C2CCC(C2)C1C(=O)N1CCN(CC(F)(F)C(F)F)CC1. The van der Waals surface area contributed by atoms with Gasteiger partial charge in [0, 0.05) is 32.2 Å². The van der Waals surface area contributed by atoms with Crippen molar-refractivity contribution in [3.8, 4) is 0 Å². The second-order valence-corrected chi connectivity index (χ2v) is 7.10. The first-order valence-electron chi connectivity index (χ1n) is 8.22. The summed E-state index contributed by atoms with van der Waals surface area (Å²) in [5, 5.41) is 0. The van der Waals surface area contributed by atoms with Crippen LogP contribution in [0.1, 0.15) is 19.3 Å². The van der Waals surface area contributed by atoms with Crippen molar-refractivity contribution >= 4 is 30.7 Å². The summed E-state index contributed by atoms with van der Waals surface area (Å²) in [5.74, 6) is -3.35. The molecule has 3 aliphatic rings. The van der Waals surface area contributed by atoms with Gasteiger partial charge in [0.2, 0.25) is 5.91 Å². The molecule has 2 saturated carbocycles. The van der Waals surface area contributed by atoms with E-state index in [0.29, 0.717) is 24.9 Å². The molecule has 4 nitrogen and oxygen atoms in total. The number of rotatable bonds is 4. The van der Waals surface area contributed by atoms with Crippen molar-refractivity contribution in [2.75, 3.05) is 32.7 Å². The maximum atomic E-state index is 13.1. The first kappa shape index (κ1) is 22.7. The predicted octanol–water partition coefficient (Wildman–Crippen LogP) is 2.25. The first-order chi connectivity index (χ1) is 10.8. The van der Waals surface area contributed by atoms with Crippen LogP contribution in [0.3, 0.4) is 0 Å². The summed E-state index contributed by atoms with van der Waals surface area (Å²) in [6.45, 7) is 0.0477. The largest absolute Gasteiger partial charge is 0.340 e. The van der Waals surface area contributed by atoms with Crippen molar-refractivity contribution in [2.24, 2.45) is 23.5 Å². The highest BCUT2D eigenvalue weighted by molar-refractivity contribution is 5.85. The molecule has 4 unspecified atom stereocenters. The monoisotopic (exact) mass is 409 g/mol. The van der Waals surface area contributed by atoms with Gasteiger partial charge in [0.25, 0.3) is 0 Å². The van der Waals surface area contributed by atoms with Crippen LogP contribution in [0.4, 0.5) is 17.6 Å². The Morgan fingerprint density at radius 3 is 2.12 bits per heavy atom. The van der Waals surface area contributed by atoms with Gasteiger partial charge in [-0.2, -0.15) is 8.78 Å². The summed E-state index contributed by atoms with van der Waals surface area (Å²) in [5.41, 5.74) is 6.18. The molecule has 4 atom stereocenters. The Morgan fingerprint density at radius 1 is 1.08 bits per heavy atom. The number of piperazine rings is 1. The van der Waals surface area contributed by atoms with Crippen LogP contribution in [0.15, 0.2) is 0 Å². The van der Waals surface area contributed by atoms with E-state index in [9.17, 15) is 22.4 Å². The van der Waals surface area contributed by atoms with Gasteiger partial charge in [-0.1, -0.05) is 0 Å². The molecule has 1 heterocycles. The number of halogens is 6. The maximum absolute atomic E-state index is 13.1. The zero-order valence-electron chi connectivity index (χ0n) is 13.8. The third kappa shape index (κ3) is 4.51. The lowest BCUT2D eigenvalue weighted by Gasteiger charge is -2.39. The number of carbonyl (C=O) groups excluding carboxylic acids is 1. The van der Waals surface area contributed by atoms with Crippen LogP contribution in [0.25, 0.3) is 0 Å². The third-order valence-corrected chi connectivity index (χ3v) is 5.70. The summed E-state index contributed by atoms with van der Waals surface area (Å²) < 4.78 is 50.7. The lowest BCUT2D eigenvalue weighted by molar-refractivity contribution is -0.150. The lowest BCUT2D eigenvalue weighted by atomic mass is 9.84. The summed E-state index contributed by atoms with van der Waals surface area (Å²) in [4.78, 5) is 15.6. The molecule has 2 bridgehead atoms. The second kappa shape index (κ2) is 8.59. The molecule has 2 N–H and O–H groups in total. The fraction of sp³-hybridized carbons (Fsp3) is 0.933. The summed E-state index contributed by atoms with van der Waals surface area (Å²) in [7, 11) is 0. The summed E-state index contributed by atoms with van der Waals surface area (Å²) in [6, 6.07) is -0.0950. The van der Waals surface area contributed by atoms with E-state index >= 15 is 0 Å². The van der Waals surface area contributed by atoms with Crippen molar-refractivity contribution in [1.82, 2.24) is 9.80 Å². The minimum absolute atomic E-state index is 0. The van der Waals surface area contributed by atoms with E-state index in [1.54, 1.807) is 4.90 Å². The molecule has 0 aromatic rings. The molecule has 3 fully saturated rings. The fourth-order valence-electron chi connectivity index (χ4n) is 4.41. The molecular formula is C15H25Cl2F4N3O. The van der Waals surface area contributed by atoms with Gasteiger partial charge >= 0.3 is 12.3 Å². The fourth-order valence-corrected chi connectivity index (χ4v) is 4.41. The number of fused-ring (bicyclic) bond motifs is 2. The Morgan fingerprint density at radius 2 is 1.64 bits per heavy atom. The van der Waals surface area contributed by atoms with Gasteiger partial charge in [0.1, 0.15) is 0 Å². The van der Waals surface area contributed by atoms with Crippen molar-refractivity contribution in [1.29, 1.82) is 0 Å². The van der Waals surface area contributed by atoms with Crippen LogP contribution < -0.4 is 5.73 Å². The zero-order valence-corrected chi connectivity index (χ0v) is 15.4. The molecule has 0 radical (unpaired) electrons. The molecule has 1 aliphatic heterocycles. The number of carbonyl (C=O) groups is 1. The van der Waals surface area contributed by atoms with Crippen LogP contribution in [0.5, 0.6) is 0 Å². The molecular weight excluding hydrogens is 385 g/mol. The standard InChI is InChI=1S/C15H23F4N3O.2ClH/c16-14(17)15(18,19)8-21-3-5-22(6-4-21)13(23)11-9-1-2-10(7-9)12(11)20;;/h9-12,14H,1-8,20H2;2*1H. The minimum atomic E-state index is -4.00. The molecule has 3 rings (SSSR count). The van der Waals surface area contributed by atoms with Gasteiger partial charge in [-0.25, -0.2) is 8.78 Å². The van der Waals surface area contributed by atoms with E-state index in [0.717, 1.165) is 19.3 Å². The minimum Gasteiger partial charge on any atom is -0.340 e. The number of hydrogen-bond donors (Lipinski definition) is 1. The topological polar surface area (TPSA) is 49.6 Å². The third-order valence-electron chi connectivity index (χ3n) is 5.70. The Hall–Kier alpha value is -0.310. The Kier molecular flexibility index (Phi) is 7.81. The molecule has 148 valence electrons. The van der Waals surface area contributed by atoms with Crippen molar-refractivity contribution in [3.05, 3.63) is 0 Å². The normalized spacial score (nSPS) is 32.5. The molecule has 10 heteroatoms. The van der Waals surface area contributed by atoms with Gasteiger partial charge < -0.3 is 10.6 Å². The van der Waals surface area contributed by atoms with Gasteiger partial charge in [-0.05, 0) is 31.1 Å². The molecule has 25 heavy (non-hydrogen) atoms. The number of alkyl halides is 4. The summed E-state index contributed by atoms with van der Waals surface area (Å²) in [6.07, 6.45) is -0.520. The molecule has 1 saturated heterocycles. The van der Waals surface area contributed by atoms with E-state index in [1.807, 2.05) is 0 Å². The Bertz CT molecular complexity index is 462. The van der Waals surface area contributed by atoms with Crippen LogP contribution in [0, 0.1) is 17.8 Å². The average Bonchev–Trinajstić information content (AvgIpc) is 3.08. The van der Waals surface area contributed by atoms with Crippen LogP contribution in [-0.2, 0) is 4.79 Å². The maximum Gasteiger partial charge on any atom is 0.319 e. The van der Waals surface area contributed by atoms with Gasteiger partial charge in [-0.15, -0.1) is 24.8 Å². The van der Waals surface area contributed by atoms with Crippen molar-refractivity contribution in [2.45, 2.75) is 37.7 Å². The predicted molar refractivity (Wildman–Crippen MR) is 90.8 cm³/mol. The van der Waals surface area contributed by atoms with Gasteiger partial charge in [0.05, 0.1) is 12.5 Å². The zero-order chi connectivity index (χ0) is 16.8. The van der Waals surface area contributed by atoms with E-state index < -0.39 is 18.9 Å². The Labute approximate surface area is 157 Å². The highest BCUT2D eigenvalue weighted by Gasteiger charge is 2.50.